The molecule has 3 aliphatic heterocycles. The molecule has 1 unspecified atom stereocenters. The molecular weight excluding hydrogens is 230 g/mol. The first kappa shape index (κ1) is 12.1. The minimum Gasteiger partial charge on any atom is -0.339 e. The number of nitrogens with one attached hydrogen (secondary N) is 1. The van der Waals surface area contributed by atoms with Crippen LogP contribution in [0.25, 0.3) is 0 Å². The molecule has 0 amide bonds. The molecule has 100 valence electrons. The van der Waals surface area contributed by atoms with E-state index in [0.717, 1.165) is 50.7 Å². The summed E-state index contributed by atoms with van der Waals surface area (Å²) in [5, 5.41) is 7.29. The Kier molecular flexibility index (Phi) is 3.58. The molecule has 2 bridgehead atoms. The van der Waals surface area contributed by atoms with E-state index in [2.05, 4.69) is 25.3 Å². The summed E-state index contributed by atoms with van der Waals surface area (Å²) in [5.74, 6) is 1.65. The molecular formula is C12H21N5O. The Bertz CT molecular complexity index is 386. The van der Waals surface area contributed by atoms with Crippen molar-refractivity contribution in [2.45, 2.75) is 18.9 Å². The van der Waals surface area contributed by atoms with E-state index in [0.29, 0.717) is 6.04 Å². The summed E-state index contributed by atoms with van der Waals surface area (Å²) < 4.78 is 5.34. The number of hydrogen-bond donors (Lipinski definition) is 1. The minimum atomic E-state index is 0.342. The van der Waals surface area contributed by atoms with Crippen molar-refractivity contribution < 1.29 is 4.52 Å². The fourth-order valence-electron chi connectivity index (χ4n) is 2.78. The molecule has 3 saturated heterocycles. The van der Waals surface area contributed by atoms with Gasteiger partial charge >= 0.3 is 0 Å². The van der Waals surface area contributed by atoms with E-state index in [1.165, 1.54) is 13.1 Å². The average Bonchev–Trinajstić information content (AvgIpc) is 2.89. The highest BCUT2D eigenvalue weighted by molar-refractivity contribution is 5.01. The highest BCUT2D eigenvalue weighted by Gasteiger charge is 2.35. The highest BCUT2D eigenvalue weighted by Crippen LogP contribution is 2.26. The summed E-state index contributed by atoms with van der Waals surface area (Å²) in [5.41, 5.74) is 0. The van der Waals surface area contributed by atoms with Crippen LogP contribution in [0.15, 0.2) is 4.52 Å². The molecule has 1 N–H and O–H groups in total. The van der Waals surface area contributed by atoms with Gasteiger partial charge in [-0.25, -0.2) is 0 Å². The van der Waals surface area contributed by atoms with Crippen LogP contribution in [0.2, 0.25) is 0 Å². The van der Waals surface area contributed by atoms with E-state index in [4.69, 9.17) is 4.52 Å². The fourth-order valence-corrected chi connectivity index (χ4v) is 2.78. The third kappa shape index (κ3) is 2.41. The molecule has 1 aromatic rings. The molecule has 3 aliphatic rings. The lowest BCUT2D eigenvalue weighted by Gasteiger charge is -2.46. The third-order valence-electron chi connectivity index (χ3n) is 3.88. The summed E-state index contributed by atoms with van der Waals surface area (Å²) in [4.78, 5) is 9.51. The van der Waals surface area contributed by atoms with Gasteiger partial charge in [0.2, 0.25) is 5.89 Å². The third-order valence-corrected chi connectivity index (χ3v) is 3.88. The predicted molar refractivity (Wildman–Crippen MR) is 67.3 cm³/mol. The van der Waals surface area contributed by atoms with Crippen molar-refractivity contribution in [3.8, 4) is 0 Å². The average molecular weight is 251 g/mol. The standard InChI is InChI=1S/C12H21N5O/c1-13-4-2-3-11-14-12(15-18-11)10-9-16-5-7-17(10)8-6-16/h10,13H,2-9H2,1H3. The SMILES string of the molecule is CNCCCc1nc(C2CN3CCN2CC3)no1. The van der Waals surface area contributed by atoms with Crippen molar-refractivity contribution in [1.82, 2.24) is 25.3 Å². The fraction of sp³-hybridized carbons (Fsp3) is 0.833. The Hall–Kier alpha value is -0.980. The molecule has 4 rings (SSSR count). The number of fused-ring (bicyclic) bond motifs is 3. The topological polar surface area (TPSA) is 57.4 Å². The summed E-state index contributed by atoms with van der Waals surface area (Å²) in [6, 6.07) is 0.342. The molecule has 6 heteroatoms. The van der Waals surface area contributed by atoms with Gasteiger partial charge in [-0.1, -0.05) is 5.16 Å². The monoisotopic (exact) mass is 251 g/mol. The number of aryl methyl sites for hydroxylation is 1. The van der Waals surface area contributed by atoms with E-state index >= 15 is 0 Å². The van der Waals surface area contributed by atoms with Gasteiger partial charge in [-0.05, 0) is 20.0 Å². The van der Waals surface area contributed by atoms with E-state index in [9.17, 15) is 0 Å². The van der Waals surface area contributed by atoms with Gasteiger partial charge in [0.15, 0.2) is 5.82 Å². The van der Waals surface area contributed by atoms with Crippen LogP contribution < -0.4 is 5.32 Å². The molecule has 0 saturated carbocycles. The summed E-state index contributed by atoms with van der Waals surface area (Å²) >= 11 is 0. The molecule has 3 fully saturated rings. The molecule has 0 aromatic carbocycles. The molecule has 1 aromatic heterocycles. The Morgan fingerprint density at radius 1 is 1.33 bits per heavy atom. The Balaban J connectivity index is 1.62. The van der Waals surface area contributed by atoms with Gasteiger partial charge in [0, 0.05) is 39.1 Å². The van der Waals surface area contributed by atoms with Gasteiger partial charge in [0.1, 0.15) is 0 Å². The number of piperazine rings is 3. The minimum absolute atomic E-state index is 0.342. The maximum Gasteiger partial charge on any atom is 0.226 e. The van der Waals surface area contributed by atoms with Crippen LogP contribution in [-0.4, -0.2) is 66.3 Å². The van der Waals surface area contributed by atoms with E-state index in [1.54, 1.807) is 0 Å². The Morgan fingerprint density at radius 2 is 2.17 bits per heavy atom. The first-order chi connectivity index (χ1) is 8.86. The van der Waals surface area contributed by atoms with Gasteiger partial charge in [-0.2, -0.15) is 4.98 Å². The smallest absolute Gasteiger partial charge is 0.226 e. The second-order valence-corrected chi connectivity index (χ2v) is 5.11. The molecule has 0 radical (unpaired) electrons. The van der Waals surface area contributed by atoms with Crippen molar-refractivity contribution in [3.05, 3.63) is 11.7 Å². The molecule has 18 heavy (non-hydrogen) atoms. The van der Waals surface area contributed by atoms with Gasteiger partial charge < -0.3 is 9.84 Å². The van der Waals surface area contributed by atoms with Crippen LogP contribution in [0.3, 0.4) is 0 Å². The molecule has 0 spiro atoms. The number of nitrogens with zero attached hydrogens (tertiary/aromatic N) is 4. The number of aromatic nitrogens is 2. The van der Waals surface area contributed by atoms with Crippen molar-refractivity contribution >= 4 is 0 Å². The Labute approximate surface area is 107 Å². The number of rotatable bonds is 5. The van der Waals surface area contributed by atoms with Gasteiger partial charge in [0.25, 0.3) is 0 Å². The lowest BCUT2D eigenvalue weighted by atomic mass is 10.1. The van der Waals surface area contributed by atoms with Crippen molar-refractivity contribution in [2.75, 3.05) is 46.3 Å². The second-order valence-electron chi connectivity index (χ2n) is 5.11. The maximum atomic E-state index is 5.34. The number of hydrogen-bond acceptors (Lipinski definition) is 6. The van der Waals surface area contributed by atoms with Crippen molar-refractivity contribution in [1.29, 1.82) is 0 Å². The lowest BCUT2D eigenvalue weighted by molar-refractivity contribution is 0.00781. The maximum absolute atomic E-state index is 5.34. The normalized spacial score (nSPS) is 30.8. The molecule has 0 aliphatic carbocycles. The van der Waals surface area contributed by atoms with Crippen LogP contribution in [0.4, 0.5) is 0 Å². The zero-order chi connectivity index (χ0) is 12.4. The van der Waals surface area contributed by atoms with Crippen molar-refractivity contribution in [3.63, 3.8) is 0 Å². The highest BCUT2D eigenvalue weighted by atomic mass is 16.5. The largest absolute Gasteiger partial charge is 0.339 e. The first-order valence-electron chi connectivity index (χ1n) is 6.80. The van der Waals surface area contributed by atoms with Crippen LogP contribution >= 0.6 is 0 Å². The Morgan fingerprint density at radius 3 is 2.83 bits per heavy atom. The molecule has 4 heterocycles. The van der Waals surface area contributed by atoms with Crippen LogP contribution in [0.1, 0.15) is 24.2 Å². The zero-order valence-corrected chi connectivity index (χ0v) is 10.9. The van der Waals surface area contributed by atoms with Gasteiger partial charge in [0.05, 0.1) is 6.04 Å². The van der Waals surface area contributed by atoms with E-state index in [-0.39, 0.29) is 0 Å². The van der Waals surface area contributed by atoms with E-state index < -0.39 is 0 Å². The summed E-state index contributed by atoms with van der Waals surface area (Å²) in [6.07, 6.45) is 1.91. The second kappa shape index (κ2) is 5.34. The van der Waals surface area contributed by atoms with Crippen LogP contribution in [0.5, 0.6) is 0 Å². The van der Waals surface area contributed by atoms with E-state index in [1.807, 2.05) is 7.05 Å². The summed E-state index contributed by atoms with van der Waals surface area (Å²) in [7, 11) is 1.96. The van der Waals surface area contributed by atoms with Crippen LogP contribution in [-0.2, 0) is 6.42 Å². The predicted octanol–water partition coefficient (Wildman–Crippen LogP) is -0.106. The zero-order valence-electron chi connectivity index (χ0n) is 10.9. The molecule has 6 nitrogen and oxygen atoms in total. The van der Waals surface area contributed by atoms with Crippen molar-refractivity contribution in [2.24, 2.45) is 0 Å². The van der Waals surface area contributed by atoms with Gasteiger partial charge in [-0.15, -0.1) is 0 Å². The quantitative estimate of drug-likeness (QED) is 0.737. The van der Waals surface area contributed by atoms with Gasteiger partial charge in [-0.3, -0.25) is 9.80 Å². The van der Waals surface area contributed by atoms with Crippen LogP contribution in [0, 0.1) is 0 Å². The molecule has 1 atom stereocenters. The first-order valence-corrected chi connectivity index (χ1v) is 6.80. The summed E-state index contributed by atoms with van der Waals surface area (Å²) in [6.45, 7) is 6.67. The lowest BCUT2D eigenvalue weighted by Crippen LogP contribution is -2.57.